The summed E-state index contributed by atoms with van der Waals surface area (Å²) in [5, 5.41) is 0. The summed E-state index contributed by atoms with van der Waals surface area (Å²) in [6.45, 7) is 4.74. The van der Waals surface area contributed by atoms with E-state index < -0.39 is 11.8 Å². The molecule has 23 heavy (non-hydrogen) atoms. The molecule has 0 aliphatic rings. The third kappa shape index (κ3) is 5.11. The smallest absolute Gasteiger partial charge is 0.420 e. The van der Waals surface area contributed by atoms with Crippen LogP contribution >= 0.6 is 0 Å². The highest BCUT2D eigenvalue weighted by atomic mass is 16.7. The lowest BCUT2D eigenvalue weighted by atomic mass is 9.97. The average molecular weight is 314 g/mol. The van der Waals surface area contributed by atoms with E-state index in [4.69, 9.17) is 14.2 Å². The van der Waals surface area contributed by atoms with Crippen LogP contribution in [-0.2, 0) is 15.1 Å². The SMILES string of the molecule is CCCOCC(C)(OC(=O)Oc1ccccc1)c1ccccc1. The molecular formula is C19H22O4. The molecule has 0 bridgehead atoms. The number of rotatable bonds is 7. The third-order valence-electron chi connectivity index (χ3n) is 3.36. The lowest BCUT2D eigenvalue weighted by Gasteiger charge is -2.29. The lowest BCUT2D eigenvalue weighted by molar-refractivity contribution is -0.0629. The van der Waals surface area contributed by atoms with Crippen LogP contribution in [-0.4, -0.2) is 19.4 Å². The van der Waals surface area contributed by atoms with E-state index in [-0.39, 0.29) is 6.61 Å². The van der Waals surface area contributed by atoms with Crippen LogP contribution in [0, 0.1) is 0 Å². The Morgan fingerprint density at radius 3 is 2.22 bits per heavy atom. The number of carbonyl (C=O) groups excluding carboxylic acids is 1. The van der Waals surface area contributed by atoms with Gasteiger partial charge in [-0.05, 0) is 31.0 Å². The van der Waals surface area contributed by atoms with Gasteiger partial charge < -0.3 is 14.2 Å². The van der Waals surface area contributed by atoms with Crippen LogP contribution in [0.1, 0.15) is 25.8 Å². The van der Waals surface area contributed by atoms with E-state index in [1.165, 1.54) is 0 Å². The molecule has 2 aromatic rings. The Hall–Kier alpha value is -2.33. The Labute approximate surface area is 137 Å². The van der Waals surface area contributed by atoms with Gasteiger partial charge in [0.05, 0.1) is 6.61 Å². The minimum absolute atomic E-state index is 0.273. The second-order valence-corrected chi connectivity index (χ2v) is 5.42. The molecule has 0 amide bonds. The minimum atomic E-state index is -0.901. The maximum atomic E-state index is 12.1. The fourth-order valence-electron chi connectivity index (χ4n) is 2.16. The molecule has 1 unspecified atom stereocenters. The highest BCUT2D eigenvalue weighted by Crippen LogP contribution is 2.27. The summed E-state index contributed by atoms with van der Waals surface area (Å²) in [6, 6.07) is 18.4. The molecule has 0 N–H and O–H groups in total. The molecule has 122 valence electrons. The fourth-order valence-corrected chi connectivity index (χ4v) is 2.16. The summed E-state index contributed by atoms with van der Waals surface area (Å²) in [5.74, 6) is 0.447. The maximum Gasteiger partial charge on any atom is 0.514 e. The number of hydrogen-bond donors (Lipinski definition) is 0. The molecule has 2 rings (SSSR count). The zero-order valence-corrected chi connectivity index (χ0v) is 13.5. The van der Waals surface area contributed by atoms with Gasteiger partial charge in [-0.2, -0.15) is 0 Å². The van der Waals surface area contributed by atoms with Crippen molar-refractivity contribution in [1.29, 1.82) is 0 Å². The fraction of sp³-hybridized carbons (Fsp3) is 0.316. The molecule has 0 aliphatic heterocycles. The van der Waals surface area contributed by atoms with E-state index in [9.17, 15) is 4.79 Å². The molecule has 4 heteroatoms. The molecule has 0 saturated carbocycles. The molecule has 0 fully saturated rings. The standard InChI is InChI=1S/C19H22O4/c1-3-14-21-15-19(2,16-10-6-4-7-11-16)23-18(20)22-17-12-8-5-9-13-17/h4-13H,3,14-15H2,1-2H3. The molecule has 0 aromatic heterocycles. The molecule has 1 atom stereocenters. The number of carbonyl (C=O) groups is 1. The summed E-state index contributed by atoms with van der Waals surface area (Å²) in [6.07, 6.45) is 0.155. The van der Waals surface area contributed by atoms with Crippen LogP contribution in [0.2, 0.25) is 0 Å². The number of ether oxygens (including phenoxy) is 3. The van der Waals surface area contributed by atoms with Crippen LogP contribution in [0.3, 0.4) is 0 Å². The normalized spacial score (nSPS) is 13.1. The van der Waals surface area contributed by atoms with Gasteiger partial charge in [0.15, 0.2) is 5.60 Å². The Morgan fingerprint density at radius 2 is 1.61 bits per heavy atom. The van der Waals surface area contributed by atoms with Crippen molar-refractivity contribution in [1.82, 2.24) is 0 Å². The Bertz CT molecular complexity index is 597. The van der Waals surface area contributed by atoms with Crippen molar-refractivity contribution < 1.29 is 19.0 Å². The predicted octanol–water partition coefficient (Wildman–Crippen LogP) is 4.54. The van der Waals surface area contributed by atoms with Gasteiger partial charge >= 0.3 is 6.16 Å². The first-order valence-corrected chi connectivity index (χ1v) is 7.73. The van der Waals surface area contributed by atoms with Gasteiger partial charge in [-0.3, -0.25) is 0 Å². The van der Waals surface area contributed by atoms with Crippen molar-refractivity contribution in [3.8, 4) is 5.75 Å². The summed E-state index contributed by atoms with van der Waals surface area (Å²) >= 11 is 0. The first kappa shape index (κ1) is 17.0. The number of benzene rings is 2. The monoisotopic (exact) mass is 314 g/mol. The van der Waals surface area contributed by atoms with Gasteiger partial charge in [0, 0.05) is 6.61 Å². The van der Waals surface area contributed by atoms with E-state index in [0.717, 1.165) is 12.0 Å². The lowest BCUT2D eigenvalue weighted by Crippen LogP contribution is -2.35. The summed E-state index contributed by atoms with van der Waals surface area (Å²) in [5.41, 5.74) is -0.0384. The highest BCUT2D eigenvalue weighted by Gasteiger charge is 2.32. The van der Waals surface area contributed by atoms with Crippen LogP contribution in [0.5, 0.6) is 5.75 Å². The van der Waals surface area contributed by atoms with Crippen molar-refractivity contribution >= 4 is 6.16 Å². The second-order valence-electron chi connectivity index (χ2n) is 5.42. The predicted molar refractivity (Wildman–Crippen MR) is 88.5 cm³/mol. The van der Waals surface area contributed by atoms with E-state index >= 15 is 0 Å². The Kier molecular flexibility index (Phi) is 6.18. The second kappa shape index (κ2) is 8.34. The van der Waals surface area contributed by atoms with Crippen molar-refractivity contribution in [2.75, 3.05) is 13.2 Å². The topological polar surface area (TPSA) is 44.8 Å². The molecule has 0 radical (unpaired) electrons. The molecule has 0 heterocycles. The van der Waals surface area contributed by atoms with Crippen molar-refractivity contribution in [3.63, 3.8) is 0 Å². The first-order chi connectivity index (χ1) is 11.1. The van der Waals surface area contributed by atoms with Gasteiger partial charge in [0.1, 0.15) is 5.75 Å². The molecule has 0 aliphatic carbocycles. The van der Waals surface area contributed by atoms with Crippen LogP contribution in [0.4, 0.5) is 4.79 Å². The van der Waals surface area contributed by atoms with Crippen molar-refractivity contribution in [2.45, 2.75) is 25.9 Å². The van der Waals surface area contributed by atoms with Crippen LogP contribution < -0.4 is 4.74 Å². The van der Waals surface area contributed by atoms with E-state index in [1.54, 1.807) is 24.3 Å². The molecule has 0 spiro atoms. The summed E-state index contributed by atoms with van der Waals surface area (Å²) < 4.78 is 16.4. The van der Waals surface area contributed by atoms with Gasteiger partial charge in [0.25, 0.3) is 0 Å². The maximum absolute atomic E-state index is 12.1. The quantitative estimate of drug-likeness (QED) is 0.427. The number of hydrogen-bond acceptors (Lipinski definition) is 4. The zero-order chi connectivity index (χ0) is 16.5. The van der Waals surface area contributed by atoms with Crippen molar-refractivity contribution in [2.24, 2.45) is 0 Å². The summed E-state index contributed by atoms with van der Waals surface area (Å²) in [4.78, 5) is 12.1. The molecular weight excluding hydrogens is 292 g/mol. The van der Waals surface area contributed by atoms with Crippen molar-refractivity contribution in [3.05, 3.63) is 66.2 Å². The Balaban J connectivity index is 2.09. The largest absolute Gasteiger partial charge is 0.514 e. The van der Waals surface area contributed by atoms with E-state index in [2.05, 4.69) is 0 Å². The van der Waals surface area contributed by atoms with E-state index in [1.807, 2.05) is 50.2 Å². The van der Waals surface area contributed by atoms with Gasteiger partial charge in [0.2, 0.25) is 0 Å². The average Bonchev–Trinajstić information content (AvgIpc) is 2.56. The van der Waals surface area contributed by atoms with E-state index in [0.29, 0.717) is 12.4 Å². The molecule has 4 nitrogen and oxygen atoms in total. The van der Waals surface area contributed by atoms with Gasteiger partial charge in [-0.15, -0.1) is 0 Å². The van der Waals surface area contributed by atoms with Gasteiger partial charge in [-0.25, -0.2) is 4.79 Å². The Morgan fingerprint density at radius 1 is 1.00 bits per heavy atom. The van der Waals surface area contributed by atoms with Crippen LogP contribution in [0.25, 0.3) is 0 Å². The molecule has 2 aromatic carbocycles. The first-order valence-electron chi connectivity index (χ1n) is 7.73. The highest BCUT2D eigenvalue weighted by molar-refractivity contribution is 5.64. The third-order valence-corrected chi connectivity index (χ3v) is 3.36. The minimum Gasteiger partial charge on any atom is -0.420 e. The van der Waals surface area contributed by atoms with Gasteiger partial charge in [-0.1, -0.05) is 55.5 Å². The molecule has 0 saturated heterocycles. The summed E-state index contributed by atoms with van der Waals surface area (Å²) in [7, 11) is 0. The van der Waals surface area contributed by atoms with Crippen LogP contribution in [0.15, 0.2) is 60.7 Å². The number of para-hydroxylation sites is 1. The zero-order valence-electron chi connectivity index (χ0n) is 13.5.